The molecular weight excluding hydrogens is 498 g/mol. The Hall–Kier alpha value is -4.18. The minimum atomic E-state index is -3.89. The van der Waals surface area contributed by atoms with Crippen molar-refractivity contribution in [2.24, 2.45) is 0 Å². The van der Waals surface area contributed by atoms with E-state index in [0.29, 0.717) is 11.2 Å². The summed E-state index contributed by atoms with van der Waals surface area (Å²) < 4.78 is 30.4. The quantitative estimate of drug-likeness (QED) is 0.255. The molecule has 0 aliphatic heterocycles. The van der Waals surface area contributed by atoms with Crippen molar-refractivity contribution < 1.29 is 8.42 Å². The summed E-state index contributed by atoms with van der Waals surface area (Å²) in [6.07, 6.45) is 3.25. The molecule has 5 rings (SSSR count). The lowest BCUT2D eigenvalue weighted by molar-refractivity contribution is 0.519. The summed E-state index contributed by atoms with van der Waals surface area (Å²) in [6, 6.07) is 18.6. The van der Waals surface area contributed by atoms with Crippen molar-refractivity contribution in [1.82, 2.24) is 23.7 Å². The molecule has 3 aromatic heterocycles. The van der Waals surface area contributed by atoms with E-state index in [4.69, 9.17) is 4.98 Å². The second-order valence-corrected chi connectivity index (χ2v) is 11.5. The van der Waals surface area contributed by atoms with E-state index in [0.717, 1.165) is 22.5 Å². The van der Waals surface area contributed by atoms with E-state index in [1.807, 2.05) is 55.8 Å². The average Bonchev–Trinajstić information content (AvgIpc) is 3.49. The highest BCUT2D eigenvalue weighted by molar-refractivity contribution is 7.90. The molecule has 9 nitrogen and oxygen atoms in total. The van der Waals surface area contributed by atoms with Gasteiger partial charge in [0.2, 0.25) is 5.95 Å². The molecule has 0 bridgehead atoms. The van der Waals surface area contributed by atoms with Crippen LogP contribution in [0.5, 0.6) is 0 Å². The zero-order valence-corrected chi connectivity index (χ0v) is 22.9. The zero-order chi connectivity index (χ0) is 27.0. The van der Waals surface area contributed by atoms with E-state index >= 15 is 0 Å². The van der Waals surface area contributed by atoms with Crippen LogP contribution in [0.4, 0.5) is 17.5 Å². The van der Waals surface area contributed by atoms with Crippen LogP contribution >= 0.6 is 0 Å². The predicted molar refractivity (Wildman–Crippen MR) is 150 cm³/mol. The van der Waals surface area contributed by atoms with Crippen LogP contribution in [-0.4, -0.2) is 32.1 Å². The molecular formula is C28H31N7O2S. The Bertz CT molecular complexity index is 1690. The largest absolute Gasteiger partial charge is 0.363 e. The van der Waals surface area contributed by atoms with Gasteiger partial charge in [-0.25, -0.2) is 12.4 Å². The summed E-state index contributed by atoms with van der Waals surface area (Å²) in [7, 11) is -3.89. The number of aryl methyl sites for hydroxylation is 1. The number of hydrogen-bond acceptors (Lipinski definition) is 7. The molecule has 10 heteroatoms. The first-order chi connectivity index (χ1) is 18.1. The van der Waals surface area contributed by atoms with Crippen molar-refractivity contribution in [3.63, 3.8) is 0 Å². The number of benzene rings is 2. The summed E-state index contributed by atoms with van der Waals surface area (Å²) >= 11 is 0. The molecule has 196 valence electrons. The molecule has 5 aromatic rings. The van der Waals surface area contributed by atoms with Crippen molar-refractivity contribution >= 4 is 38.5 Å². The van der Waals surface area contributed by atoms with E-state index in [1.165, 1.54) is 10.2 Å². The fourth-order valence-electron chi connectivity index (χ4n) is 4.39. The Morgan fingerprint density at radius 2 is 1.61 bits per heavy atom. The monoisotopic (exact) mass is 529 g/mol. The molecule has 0 spiro atoms. The van der Waals surface area contributed by atoms with E-state index < -0.39 is 10.0 Å². The van der Waals surface area contributed by atoms with Crippen molar-refractivity contribution in [1.29, 1.82) is 0 Å². The normalized spacial score (nSPS) is 12.7. The van der Waals surface area contributed by atoms with Crippen LogP contribution in [0.3, 0.4) is 0 Å². The van der Waals surface area contributed by atoms with E-state index in [1.54, 1.807) is 36.5 Å². The standard InChI is InChI=1S/C28H31N7O2S/c1-18(2)35-21(5)25(17-29-35)31-28-32-26(30-20(4)22-9-7-6-8-10-22)24-15-16-34(27(24)33-28)38(36,37)23-13-11-19(3)12-14-23/h6-18,20H,1-5H3,(H2,30,31,32,33)/t20-/m0/s1. The van der Waals surface area contributed by atoms with Gasteiger partial charge in [-0.1, -0.05) is 48.0 Å². The van der Waals surface area contributed by atoms with Crippen molar-refractivity contribution in [2.75, 3.05) is 10.6 Å². The van der Waals surface area contributed by atoms with E-state index in [9.17, 15) is 8.42 Å². The fraction of sp³-hybridized carbons (Fsp3) is 0.250. The van der Waals surface area contributed by atoms with E-state index in [2.05, 4.69) is 34.6 Å². The van der Waals surface area contributed by atoms with E-state index in [-0.39, 0.29) is 28.6 Å². The number of nitrogens with zero attached hydrogens (tertiary/aromatic N) is 5. The Morgan fingerprint density at radius 3 is 2.26 bits per heavy atom. The van der Waals surface area contributed by atoms with Crippen LogP contribution < -0.4 is 10.6 Å². The third-order valence-corrected chi connectivity index (χ3v) is 8.20. The number of rotatable bonds is 8. The van der Waals surface area contributed by atoms with Gasteiger partial charge in [-0.2, -0.15) is 15.1 Å². The van der Waals surface area contributed by atoms with Gasteiger partial charge in [-0.05, 0) is 58.4 Å². The van der Waals surface area contributed by atoms with Crippen molar-refractivity contribution in [2.45, 2.75) is 51.6 Å². The number of fused-ring (bicyclic) bond motifs is 1. The molecule has 1 atom stereocenters. The van der Waals surface area contributed by atoms with Gasteiger partial charge >= 0.3 is 0 Å². The maximum Gasteiger partial charge on any atom is 0.269 e. The highest BCUT2D eigenvalue weighted by Crippen LogP contribution is 2.31. The molecule has 2 aromatic carbocycles. The number of hydrogen-bond donors (Lipinski definition) is 2. The summed E-state index contributed by atoms with van der Waals surface area (Å²) in [5.74, 6) is 0.798. The van der Waals surface area contributed by atoms with Gasteiger partial charge in [-0.15, -0.1) is 0 Å². The Morgan fingerprint density at radius 1 is 0.895 bits per heavy atom. The SMILES string of the molecule is Cc1ccc(S(=O)(=O)n2ccc3c(N[C@@H](C)c4ccccc4)nc(Nc4cnn(C(C)C)c4C)nc32)cc1. The van der Waals surface area contributed by atoms with Gasteiger partial charge in [0, 0.05) is 18.3 Å². The number of aromatic nitrogens is 5. The van der Waals surface area contributed by atoms with Gasteiger partial charge in [0.15, 0.2) is 5.65 Å². The maximum absolute atomic E-state index is 13.6. The summed E-state index contributed by atoms with van der Waals surface area (Å²) in [4.78, 5) is 9.61. The van der Waals surface area contributed by atoms with Crippen LogP contribution in [0.25, 0.3) is 11.0 Å². The highest BCUT2D eigenvalue weighted by atomic mass is 32.2. The van der Waals surface area contributed by atoms with Gasteiger partial charge in [-0.3, -0.25) is 4.68 Å². The second-order valence-electron chi connectivity index (χ2n) is 9.65. The van der Waals surface area contributed by atoms with Gasteiger partial charge in [0.25, 0.3) is 10.0 Å². The highest BCUT2D eigenvalue weighted by Gasteiger charge is 2.23. The lowest BCUT2D eigenvalue weighted by Crippen LogP contribution is -2.14. The molecule has 0 aliphatic rings. The lowest BCUT2D eigenvalue weighted by atomic mass is 10.1. The van der Waals surface area contributed by atoms with Crippen LogP contribution in [0.2, 0.25) is 0 Å². The van der Waals surface area contributed by atoms with Crippen molar-refractivity contribution in [3.05, 3.63) is 89.9 Å². The summed E-state index contributed by atoms with van der Waals surface area (Å²) in [5, 5.41) is 11.8. The lowest BCUT2D eigenvalue weighted by Gasteiger charge is -2.17. The molecule has 38 heavy (non-hydrogen) atoms. The molecule has 0 saturated carbocycles. The number of anilines is 3. The molecule has 0 fully saturated rings. The molecule has 0 saturated heterocycles. The predicted octanol–water partition coefficient (Wildman–Crippen LogP) is 5.98. The minimum absolute atomic E-state index is 0.0790. The second kappa shape index (κ2) is 9.94. The molecule has 0 aliphatic carbocycles. The van der Waals surface area contributed by atoms with Gasteiger partial charge < -0.3 is 10.6 Å². The first-order valence-electron chi connectivity index (χ1n) is 12.5. The Balaban J connectivity index is 1.63. The van der Waals surface area contributed by atoms with Crippen LogP contribution in [0.15, 0.2) is 78.0 Å². The topological polar surface area (TPSA) is 107 Å². The molecule has 0 radical (unpaired) electrons. The first-order valence-corrected chi connectivity index (χ1v) is 13.9. The zero-order valence-electron chi connectivity index (χ0n) is 22.0. The fourth-order valence-corrected chi connectivity index (χ4v) is 5.69. The summed E-state index contributed by atoms with van der Waals surface area (Å²) in [5.41, 5.74) is 4.02. The Kier molecular flexibility index (Phi) is 6.66. The Labute approximate surface area is 222 Å². The summed E-state index contributed by atoms with van der Waals surface area (Å²) in [6.45, 7) is 10.0. The van der Waals surface area contributed by atoms with Crippen LogP contribution in [-0.2, 0) is 10.0 Å². The first kappa shape index (κ1) is 25.5. The molecule has 0 amide bonds. The molecule has 3 heterocycles. The third-order valence-electron chi connectivity index (χ3n) is 6.52. The van der Waals surface area contributed by atoms with Crippen molar-refractivity contribution in [3.8, 4) is 0 Å². The molecule has 2 N–H and O–H groups in total. The average molecular weight is 530 g/mol. The molecule has 0 unspecified atom stereocenters. The van der Waals surface area contributed by atoms with Crippen LogP contribution in [0.1, 0.15) is 49.7 Å². The minimum Gasteiger partial charge on any atom is -0.363 e. The van der Waals surface area contributed by atoms with Gasteiger partial charge in [0.1, 0.15) is 5.82 Å². The number of nitrogens with one attached hydrogen (secondary N) is 2. The smallest absolute Gasteiger partial charge is 0.269 e. The van der Waals surface area contributed by atoms with Gasteiger partial charge in [0.05, 0.1) is 27.9 Å². The van der Waals surface area contributed by atoms with Crippen LogP contribution in [0, 0.1) is 13.8 Å². The maximum atomic E-state index is 13.6. The third kappa shape index (κ3) is 4.74.